The van der Waals surface area contributed by atoms with Crippen molar-refractivity contribution in [2.45, 2.75) is 6.92 Å². The van der Waals surface area contributed by atoms with Gasteiger partial charge in [0.15, 0.2) is 5.43 Å². The quantitative estimate of drug-likeness (QED) is 0.694. The van der Waals surface area contributed by atoms with Gasteiger partial charge in [-0.25, -0.2) is 9.48 Å². The average Bonchev–Trinajstić information content (AvgIpc) is 2.86. The molecule has 22 heavy (non-hydrogen) atoms. The molecule has 3 rings (SSSR count). The van der Waals surface area contributed by atoms with Crippen LogP contribution in [0, 0.1) is 0 Å². The fourth-order valence-electron chi connectivity index (χ4n) is 2.27. The molecule has 0 aliphatic carbocycles. The van der Waals surface area contributed by atoms with Crippen molar-refractivity contribution in [1.82, 2.24) is 9.78 Å². The number of fused-ring (bicyclic) bond motifs is 1. The van der Waals surface area contributed by atoms with Crippen LogP contribution in [0.2, 0.25) is 0 Å². The van der Waals surface area contributed by atoms with Crippen LogP contribution >= 0.6 is 0 Å². The Bertz CT molecular complexity index is 894. The summed E-state index contributed by atoms with van der Waals surface area (Å²) in [5.41, 5.74) is 1.26. The Morgan fingerprint density at radius 2 is 2.05 bits per heavy atom. The molecule has 0 N–H and O–H groups in total. The lowest BCUT2D eigenvalue weighted by atomic mass is 10.1. The van der Waals surface area contributed by atoms with Crippen LogP contribution in [0.25, 0.3) is 22.4 Å². The van der Waals surface area contributed by atoms with E-state index in [0.717, 1.165) is 11.6 Å². The number of benzene rings is 1. The number of carbonyl (C=O) groups is 1. The number of esters is 1. The summed E-state index contributed by atoms with van der Waals surface area (Å²) in [5.74, 6) is -0.786. The van der Waals surface area contributed by atoms with Crippen LogP contribution in [0.5, 0.6) is 0 Å². The van der Waals surface area contributed by atoms with Gasteiger partial charge in [0, 0.05) is 18.7 Å². The summed E-state index contributed by atoms with van der Waals surface area (Å²) in [6.07, 6.45) is 0. The van der Waals surface area contributed by atoms with Crippen molar-refractivity contribution in [1.29, 1.82) is 0 Å². The number of carbonyl (C=O) groups excluding carboxylic acids is 1. The first kappa shape index (κ1) is 14.1. The van der Waals surface area contributed by atoms with E-state index in [-0.39, 0.29) is 23.5 Å². The second-order valence-corrected chi connectivity index (χ2v) is 4.71. The summed E-state index contributed by atoms with van der Waals surface area (Å²) >= 11 is 0. The summed E-state index contributed by atoms with van der Waals surface area (Å²) in [6.45, 7) is 1.90. The van der Waals surface area contributed by atoms with Gasteiger partial charge in [0.25, 0.3) is 0 Å². The minimum Gasteiger partial charge on any atom is -0.460 e. The van der Waals surface area contributed by atoms with Gasteiger partial charge in [-0.05, 0) is 6.92 Å². The summed E-state index contributed by atoms with van der Waals surface area (Å²) in [7, 11) is 1.66. The Morgan fingerprint density at radius 3 is 2.73 bits per heavy atom. The van der Waals surface area contributed by atoms with E-state index >= 15 is 0 Å². The molecule has 1 aromatic carbocycles. The molecule has 0 saturated heterocycles. The van der Waals surface area contributed by atoms with E-state index in [1.165, 1.54) is 4.68 Å². The van der Waals surface area contributed by atoms with Gasteiger partial charge in [-0.3, -0.25) is 4.79 Å². The second-order valence-electron chi connectivity index (χ2n) is 4.71. The first-order valence-corrected chi connectivity index (χ1v) is 6.85. The fraction of sp³-hybridized carbons (Fsp3) is 0.188. The van der Waals surface area contributed by atoms with Gasteiger partial charge in [-0.2, -0.15) is 5.10 Å². The zero-order valence-electron chi connectivity index (χ0n) is 12.2. The third-order valence-electron chi connectivity index (χ3n) is 3.23. The van der Waals surface area contributed by atoms with E-state index in [0.29, 0.717) is 11.1 Å². The highest BCUT2D eigenvalue weighted by Gasteiger charge is 2.20. The molecule has 6 heteroatoms. The maximum absolute atomic E-state index is 12.4. The Balaban J connectivity index is 2.24. The lowest BCUT2D eigenvalue weighted by Gasteiger charge is -2.01. The molecule has 0 fully saturated rings. The first-order chi connectivity index (χ1) is 10.6. The molecular weight excluding hydrogens is 284 g/mol. The minimum absolute atomic E-state index is 0.123. The highest BCUT2D eigenvalue weighted by molar-refractivity contribution is 5.93. The molecule has 3 aromatic rings. The third-order valence-corrected chi connectivity index (χ3v) is 3.23. The van der Waals surface area contributed by atoms with Crippen molar-refractivity contribution >= 4 is 17.1 Å². The molecule has 0 radical (unpaired) electrons. The van der Waals surface area contributed by atoms with Crippen LogP contribution < -0.4 is 5.43 Å². The Morgan fingerprint density at radius 1 is 1.32 bits per heavy atom. The smallest absolute Gasteiger partial charge is 0.374 e. The lowest BCUT2D eigenvalue weighted by Crippen LogP contribution is -2.10. The SMILES string of the molecule is CCOC(=O)c1cc(=O)c2c(-c3ccccc3)nn(C)c2o1. The van der Waals surface area contributed by atoms with E-state index in [1.54, 1.807) is 14.0 Å². The molecule has 0 saturated carbocycles. The zero-order valence-corrected chi connectivity index (χ0v) is 12.2. The van der Waals surface area contributed by atoms with Crippen molar-refractivity contribution in [3.8, 4) is 11.3 Å². The van der Waals surface area contributed by atoms with E-state index in [4.69, 9.17) is 9.15 Å². The van der Waals surface area contributed by atoms with Crippen LogP contribution in [0.3, 0.4) is 0 Å². The predicted molar refractivity (Wildman–Crippen MR) is 80.6 cm³/mol. The molecule has 6 nitrogen and oxygen atoms in total. The van der Waals surface area contributed by atoms with Gasteiger partial charge in [-0.1, -0.05) is 30.3 Å². The highest BCUT2D eigenvalue weighted by Crippen LogP contribution is 2.25. The van der Waals surface area contributed by atoms with Crippen molar-refractivity contribution in [3.05, 3.63) is 52.4 Å². The average molecular weight is 298 g/mol. The Kier molecular flexibility index (Phi) is 3.50. The van der Waals surface area contributed by atoms with Gasteiger partial charge in [0.1, 0.15) is 11.1 Å². The summed E-state index contributed by atoms with van der Waals surface area (Å²) < 4.78 is 11.8. The fourth-order valence-corrected chi connectivity index (χ4v) is 2.27. The summed E-state index contributed by atoms with van der Waals surface area (Å²) in [5, 5.41) is 4.69. The number of aromatic nitrogens is 2. The molecular formula is C16H14N2O4. The Labute approximate surface area is 125 Å². The van der Waals surface area contributed by atoms with Gasteiger partial charge in [-0.15, -0.1) is 0 Å². The number of hydrogen-bond acceptors (Lipinski definition) is 5. The van der Waals surface area contributed by atoms with Gasteiger partial charge < -0.3 is 9.15 Å². The standard InChI is InChI=1S/C16H14N2O4/c1-3-21-16(20)12-9-11(19)13-14(10-7-5-4-6-8-10)17-18(2)15(13)22-12/h4-9H,3H2,1-2H3. The topological polar surface area (TPSA) is 74.3 Å². The van der Waals surface area contributed by atoms with E-state index in [2.05, 4.69) is 5.10 Å². The number of nitrogens with zero attached hydrogens (tertiary/aromatic N) is 2. The third kappa shape index (κ3) is 2.28. The molecule has 2 aromatic heterocycles. The van der Waals surface area contributed by atoms with E-state index in [9.17, 15) is 9.59 Å². The number of ether oxygens (including phenoxy) is 1. The molecule has 0 unspecified atom stereocenters. The molecule has 0 aliphatic rings. The summed E-state index contributed by atoms with van der Waals surface area (Å²) in [6, 6.07) is 10.5. The minimum atomic E-state index is -0.663. The van der Waals surface area contributed by atoms with Crippen molar-refractivity contribution < 1.29 is 13.9 Å². The maximum atomic E-state index is 12.4. The molecule has 0 atom stereocenters. The molecule has 0 aliphatic heterocycles. The largest absolute Gasteiger partial charge is 0.460 e. The lowest BCUT2D eigenvalue weighted by molar-refractivity contribution is 0.0490. The van der Waals surface area contributed by atoms with Crippen molar-refractivity contribution in [3.63, 3.8) is 0 Å². The van der Waals surface area contributed by atoms with Gasteiger partial charge in [0.2, 0.25) is 11.5 Å². The monoisotopic (exact) mass is 298 g/mol. The van der Waals surface area contributed by atoms with Crippen molar-refractivity contribution in [2.75, 3.05) is 6.61 Å². The van der Waals surface area contributed by atoms with Crippen LogP contribution in [0.15, 0.2) is 45.6 Å². The van der Waals surface area contributed by atoms with Crippen LogP contribution in [-0.2, 0) is 11.8 Å². The van der Waals surface area contributed by atoms with Crippen molar-refractivity contribution in [2.24, 2.45) is 7.05 Å². The number of aryl methyl sites for hydroxylation is 1. The molecule has 0 bridgehead atoms. The highest BCUT2D eigenvalue weighted by atomic mass is 16.5. The van der Waals surface area contributed by atoms with Crippen LogP contribution in [-0.4, -0.2) is 22.4 Å². The van der Waals surface area contributed by atoms with Gasteiger partial charge in [0.05, 0.1) is 6.61 Å². The zero-order chi connectivity index (χ0) is 15.7. The van der Waals surface area contributed by atoms with E-state index < -0.39 is 5.97 Å². The first-order valence-electron chi connectivity index (χ1n) is 6.85. The number of rotatable bonds is 3. The predicted octanol–water partition coefficient (Wildman–Crippen LogP) is 2.37. The van der Waals surface area contributed by atoms with Gasteiger partial charge >= 0.3 is 5.97 Å². The van der Waals surface area contributed by atoms with Crippen LogP contribution in [0.1, 0.15) is 17.5 Å². The van der Waals surface area contributed by atoms with Crippen LogP contribution in [0.4, 0.5) is 0 Å². The summed E-state index contributed by atoms with van der Waals surface area (Å²) in [4.78, 5) is 24.1. The Hall–Kier alpha value is -2.89. The van der Waals surface area contributed by atoms with E-state index in [1.807, 2.05) is 30.3 Å². The maximum Gasteiger partial charge on any atom is 0.374 e. The number of hydrogen-bond donors (Lipinski definition) is 0. The second kappa shape index (κ2) is 5.48. The molecule has 0 spiro atoms. The molecule has 112 valence electrons. The molecule has 0 amide bonds. The normalized spacial score (nSPS) is 10.8. The molecule has 2 heterocycles.